The van der Waals surface area contributed by atoms with E-state index < -0.39 is 0 Å². The molecule has 0 aliphatic heterocycles. The Kier molecular flexibility index (Phi) is 3.67. The van der Waals surface area contributed by atoms with Gasteiger partial charge in [-0.25, -0.2) is 0 Å². The quantitative estimate of drug-likeness (QED) is 0.833. The van der Waals surface area contributed by atoms with E-state index in [1.807, 2.05) is 25.1 Å². The number of nitrogen functional groups attached to an aromatic ring is 1. The second kappa shape index (κ2) is 5.23. The van der Waals surface area contributed by atoms with Crippen molar-refractivity contribution in [2.75, 3.05) is 11.1 Å². The molecule has 0 saturated carbocycles. The van der Waals surface area contributed by atoms with Gasteiger partial charge in [0, 0.05) is 15.7 Å². The van der Waals surface area contributed by atoms with Crippen molar-refractivity contribution in [3.8, 4) is 0 Å². The van der Waals surface area contributed by atoms with E-state index in [-0.39, 0.29) is 5.91 Å². The maximum atomic E-state index is 12.0. The summed E-state index contributed by atoms with van der Waals surface area (Å²) in [6.45, 7) is 2.00. The topological polar surface area (TPSA) is 55.1 Å². The lowest BCUT2D eigenvalue weighted by atomic mass is 10.2. The van der Waals surface area contributed by atoms with E-state index in [9.17, 15) is 4.79 Å². The number of nitrogens with two attached hydrogens (primary N) is 1. The predicted octanol–water partition coefficient (Wildman–Crippen LogP) is 3.59. The van der Waals surface area contributed by atoms with Gasteiger partial charge in [-0.3, -0.25) is 4.79 Å². The average molecular weight is 305 g/mol. The van der Waals surface area contributed by atoms with E-state index in [1.165, 1.54) is 0 Å². The van der Waals surface area contributed by atoms with Crippen molar-refractivity contribution in [3.05, 3.63) is 58.1 Å². The molecule has 0 aliphatic carbocycles. The first kappa shape index (κ1) is 12.6. The van der Waals surface area contributed by atoms with Crippen LogP contribution in [0.25, 0.3) is 0 Å². The molecule has 1 amide bonds. The maximum Gasteiger partial charge on any atom is 0.255 e. The van der Waals surface area contributed by atoms with Crippen LogP contribution in [0, 0.1) is 6.92 Å². The number of anilines is 2. The fourth-order valence-electron chi connectivity index (χ4n) is 1.55. The summed E-state index contributed by atoms with van der Waals surface area (Å²) in [6, 6.07) is 12.6. The van der Waals surface area contributed by atoms with E-state index in [1.54, 1.807) is 24.3 Å². The zero-order chi connectivity index (χ0) is 13.1. The summed E-state index contributed by atoms with van der Waals surface area (Å²) < 4.78 is 0.867. The fraction of sp³-hybridized carbons (Fsp3) is 0.0714. The van der Waals surface area contributed by atoms with Gasteiger partial charge >= 0.3 is 0 Å². The molecule has 92 valence electrons. The number of hydrogen-bond donors (Lipinski definition) is 2. The van der Waals surface area contributed by atoms with E-state index >= 15 is 0 Å². The molecule has 2 aromatic carbocycles. The lowest BCUT2D eigenvalue weighted by Gasteiger charge is -2.08. The Morgan fingerprint density at radius 3 is 2.44 bits per heavy atom. The largest absolute Gasteiger partial charge is 0.399 e. The number of halogens is 1. The minimum Gasteiger partial charge on any atom is -0.399 e. The molecule has 0 bridgehead atoms. The van der Waals surface area contributed by atoms with Crippen molar-refractivity contribution >= 4 is 33.2 Å². The number of aryl methyl sites for hydroxylation is 1. The van der Waals surface area contributed by atoms with Gasteiger partial charge in [0.1, 0.15) is 0 Å². The van der Waals surface area contributed by atoms with Gasteiger partial charge in [0.2, 0.25) is 0 Å². The zero-order valence-corrected chi connectivity index (χ0v) is 11.5. The van der Waals surface area contributed by atoms with Crippen LogP contribution in [-0.2, 0) is 0 Å². The van der Waals surface area contributed by atoms with Crippen LogP contribution in [0.4, 0.5) is 11.4 Å². The standard InChI is InChI=1S/C14H13BrN2O/c1-9-2-7-13(12(15)8-9)17-14(18)10-3-5-11(16)6-4-10/h2-8H,16H2,1H3,(H,17,18). The van der Waals surface area contributed by atoms with Gasteiger partial charge in [0.25, 0.3) is 5.91 Å². The number of carbonyl (C=O) groups is 1. The SMILES string of the molecule is Cc1ccc(NC(=O)c2ccc(N)cc2)c(Br)c1. The van der Waals surface area contributed by atoms with Crippen LogP contribution in [0.2, 0.25) is 0 Å². The van der Waals surface area contributed by atoms with Gasteiger partial charge in [0.15, 0.2) is 0 Å². The minimum atomic E-state index is -0.153. The molecule has 2 aromatic rings. The highest BCUT2D eigenvalue weighted by Gasteiger charge is 2.07. The summed E-state index contributed by atoms with van der Waals surface area (Å²) in [5.41, 5.74) is 8.69. The second-order valence-electron chi connectivity index (χ2n) is 4.06. The molecule has 18 heavy (non-hydrogen) atoms. The molecule has 0 radical (unpaired) electrons. The van der Waals surface area contributed by atoms with E-state index in [0.29, 0.717) is 11.3 Å². The number of benzene rings is 2. The summed E-state index contributed by atoms with van der Waals surface area (Å²) in [5.74, 6) is -0.153. The molecule has 3 N–H and O–H groups in total. The molecule has 4 heteroatoms. The third-order valence-corrected chi connectivity index (χ3v) is 3.20. The molecule has 0 fully saturated rings. The number of amides is 1. The van der Waals surface area contributed by atoms with E-state index in [0.717, 1.165) is 15.7 Å². The summed E-state index contributed by atoms with van der Waals surface area (Å²) in [6.07, 6.45) is 0. The van der Waals surface area contributed by atoms with E-state index in [2.05, 4.69) is 21.2 Å². The highest BCUT2D eigenvalue weighted by molar-refractivity contribution is 9.10. The summed E-state index contributed by atoms with van der Waals surface area (Å²) >= 11 is 3.43. The molecule has 0 aromatic heterocycles. The Hall–Kier alpha value is -1.81. The van der Waals surface area contributed by atoms with Crippen LogP contribution in [0.1, 0.15) is 15.9 Å². The van der Waals surface area contributed by atoms with Crippen molar-refractivity contribution in [2.45, 2.75) is 6.92 Å². The first-order valence-electron chi connectivity index (χ1n) is 5.49. The molecular formula is C14H13BrN2O. The number of rotatable bonds is 2. The molecule has 0 heterocycles. The van der Waals surface area contributed by atoms with Crippen LogP contribution in [0.3, 0.4) is 0 Å². The van der Waals surface area contributed by atoms with Gasteiger partial charge in [0.05, 0.1) is 5.69 Å². The van der Waals surface area contributed by atoms with E-state index in [4.69, 9.17) is 5.73 Å². The Labute approximate surface area is 114 Å². The third-order valence-electron chi connectivity index (χ3n) is 2.55. The first-order valence-corrected chi connectivity index (χ1v) is 6.28. The lowest BCUT2D eigenvalue weighted by molar-refractivity contribution is 0.102. The van der Waals surface area contributed by atoms with Gasteiger partial charge in [-0.1, -0.05) is 6.07 Å². The molecule has 3 nitrogen and oxygen atoms in total. The van der Waals surface area contributed by atoms with Crippen molar-refractivity contribution in [1.82, 2.24) is 0 Å². The molecule has 0 saturated heterocycles. The van der Waals surface area contributed by atoms with Gasteiger partial charge in [-0.15, -0.1) is 0 Å². The minimum absolute atomic E-state index is 0.153. The molecule has 0 atom stereocenters. The normalized spacial score (nSPS) is 10.1. The van der Waals surface area contributed by atoms with Crippen molar-refractivity contribution in [3.63, 3.8) is 0 Å². The van der Waals surface area contributed by atoms with Gasteiger partial charge in [-0.2, -0.15) is 0 Å². The van der Waals surface area contributed by atoms with Crippen LogP contribution in [0.15, 0.2) is 46.9 Å². The molecule has 0 unspecified atom stereocenters. The van der Waals surface area contributed by atoms with Crippen LogP contribution in [0.5, 0.6) is 0 Å². The van der Waals surface area contributed by atoms with Gasteiger partial charge < -0.3 is 11.1 Å². The molecule has 2 rings (SSSR count). The summed E-state index contributed by atoms with van der Waals surface area (Å²) in [7, 11) is 0. The second-order valence-corrected chi connectivity index (χ2v) is 4.91. The molecular weight excluding hydrogens is 292 g/mol. The number of carbonyl (C=O) groups excluding carboxylic acids is 1. The summed E-state index contributed by atoms with van der Waals surface area (Å²) in [4.78, 5) is 12.0. The summed E-state index contributed by atoms with van der Waals surface area (Å²) in [5, 5.41) is 2.85. The van der Waals surface area contributed by atoms with Crippen molar-refractivity contribution < 1.29 is 4.79 Å². The number of nitrogens with one attached hydrogen (secondary N) is 1. The van der Waals surface area contributed by atoms with Crippen molar-refractivity contribution in [2.24, 2.45) is 0 Å². The van der Waals surface area contributed by atoms with Gasteiger partial charge in [-0.05, 0) is 64.8 Å². The monoisotopic (exact) mass is 304 g/mol. The Bertz CT molecular complexity index is 579. The highest BCUT2D eigenvalue weighted by atomic mass is 79.9. The Morgan fingerprint density at radius 2 is 1.83 bits per heavy atom. The smallest absolute Gasteiger partial charge is 0.255 e. The predicted molar refractivity (Wildman–Crippen MR) is 77.7 cm³/mol. The lowest BCUT2D eigenvalue weighted by Crippen LogP contribution is -2.12. The van der Waals surface area contributed by atoms with Crippen LogP contribution in [-0.4, -0.2) is 5.91 Å². The van der Waals surface area contributed by atoms with Crippen LogP contribution < -0.4 is 11.1 Å². The third kappa shape index (κ3) is 2.90. The Balaban J connectivity index is 2.18. The van der Waals surface area contributed by atoms with Crippen LogP contribution >= 0.6 is 15.9 Å². The Morgan fingerprint density at radius 1 is 1.17 bits per heavy atom. The maximum absolute atomic E-state index is 12.0. The fourth-order valence-corrected chi connectivity index (χ4v) is 2.14. The molecule has 0 spiro atoms. The first-order chi connectivity index (χ1) is 8.56. The molecule has 0 aliphatic rings. The van der Waals surface area contributed by atoms with Crippen molar-refractivity contribution in [1.29, 1.82) is 0 Å². The average Bonchev–Trinajstić information content (AvgIpc) is 2.33. The zero-order valence-electron chi connectivity index (χ0n) is 9.91. The number of hydrogen-bond acceptors (Lipinski definition) is 2. The highest BCUT2D eigenvalue weighted by Crippen LogP contribution is 2.24.